The number of nitrogens with zero attached hydrogens (tertiary/aromatic N) is 2. The fourth-order valence-electron chi connectivity index (χ4n) is 2.84. The topological polar surface area (TPSA) is 94.0 Å². The van der Waals surface area contributed by atoms with Gasteiger partial charge in [-0.2, -0.15) is 0 Å². The minimum atomic E-state index is -0.204. The predicted molar refractivity (Wildman–Crippen MR) is 99.3 cm³/mol. The van der Waals surface area contributed by atoms with Crippen molar-refractivity contribution in [2.24, 2.45) is 0 Å². The maximum Gasteiger partial charge on any atom is 0.259 e. The average molecular weight is 359 g/mol. The molecule has 1 amide bonds. The first-order valence-electron chi connectivity index (χ1n) is 7.97. The van der Waals surface area contributed by atoms with Gasteiger partial charge in [-0.25, -0.2) is 4.98 Å². The number of carbonyl (C=O) groups excluding carboxylic acids is 1. The second-order valence-corrected chi connectivity index (χ2v) is 6.35. The van der Waals surface area contributed by atoms with Crippen molar-refractivity contribution in [1.29, 1.82) is 0 Å². The molecule has 7 heteroatoms. The van der Waals surface area contributed by atoms with Crippen LogP contribution in [-0.4, -0.2) is 16.0 Å². The lowest BCUT2D eigenvalue weighted by molar-refractivity contribution is 0.102. The molecule has 1 aliphatic rings. The van der Waals surface area contributed by atoms with Crippen molar-refractivity contribution in [3.8, 4) is 0 Å². The maximum absolute atomic E-state index is 12.9. The number of aryl methyl sites for hydroxylation is 2. The van der Waals surface area contributed by atoms with Crippen LogP contribution in [-0.2, 0) is 0 Å². The highest BCUT2D eigenvalue weighted by atomic mass is 35.5. The number of hydrogen-bond donors (Lipinski definition) is 2. The Bertz CT molecular complexity index is 963. The highest BCUT2D eigenvalue weighted by molar-refractivity contribution is 6.12. The molecule has 2 heterocycles. The largest absolute Gasteiger partial charge is 0.399 e. The number of carbonyl (C=O) groups is 1. The van der Waals surface area contributed by atoms with Gasteiger partial charge in [0.25, 0.3) is 11.6 Å². The lowest BCUT2D eigenvalue weighted by Crippen LogP contribution is -2.14. The number of amides is 1. The molecule has 0 atom stereocenters. The van der Waals surface area contributed by atoms with Crippen LogP contribution in [0.15, 0.2) is 28.8 Å². The Balaban J connectivity index is 0.00000182. The lowest BCUT2D eigenvalue weighted by Gasteiger charge is -2.10. The number of nitrogens with one attached hydrogen (secondary N) is 1. The number of aromatic nitrogens is 2. The number of pyridine rings is 1. The molecule has 0 aliphatic heterocycles. The van der Waals surface area contributed by atoms with Crippen LogP contribution in [0.2, 0.25) is 0 Å². The summed E-state index contributed by atoms with van der Waals surface area (Å²) in [4.78, 5) is 17.4. The Morgan fingerprint density at radius 2 is 2.04 bits per heavy atom. The third-order valence-corrected chi connectivity index (χ3v) is 4.39. The van der Waals surface area contributed by atoms with E-state index < -0.39 is 0 Å². The third-order valence-electron chi connectivity index (χ3n) is 4.39. The number of anilines is 2. The first kappa shape index (κ1) is 17.2. The summed E-state index contributed by atoms with van der Waals surface area (Å²) in [6.07, 6.45) is 2.20. The number of benzene rings is 1. The van der Waals surface area contributed by atoms with Crippen LogP contribution in [0.3, 0.4) is 0 Å². The van der Waals surface area contributed by atoms with Crippen molar-refractivity contribution >= 4 is 40.8 Å². The molecule has 4 rings (SSSR count). The molecule has 1 aliphatic carbocycles. The van der Waals surface area contributed by atoms with Gasteiger partial charge in [-0.3, -0.25) is 4.79 Å². The Kier molecular flexibility index (Phi) is 4.39. The number of hydrogen-bond acceptors (Lipinski definition) is 5. The van der Waals surface area contributed by atoms with Crippen LogP contribution in [0.25, 0.3) is 11.1 Å². The van der Waals surface area contributed by atoms with E-state index in [9.17, 15) is 4.79 Å². The Morgan fingerprint density at radius 3 is 2.76 bits per heavy atom. The van der Waals surface area contributed by atoms with E-state index >= 15 is 0 Å². The van der Waals surface area contributed by atoms with Gasteiger partial charge >= 0.3 is 0 Å². The number of rotatable bonds is 3. The van der Waals surface area contributed by atoms with E-state index in [1.54, 1.807) is 6.07 Å². The normalized spacial score (nSPS) is 13.5. The molecule has 2 aromatic heterocycles. The highest BCUT2D eigenvalue weighted by Crippen LogP contribution is 2.40. The van der Waals surface area contributed by atoms with Gasteiger partial charge in [-0.15, -0.1) is 12.4 Å². The summed E-state index contributed by atoms with van der Waals surface area (Å²) < 4.78 is 5.29. The minimum Gasteiger partial charge on any atom is -0.399 e. The molecule has 1 aromatic carbocycles. The summed E-state index contributed by atoms with van der Waals surface area (Å²) in [6.45, 7) is 3.74. The number of fused-ring (bicyclic) bond motifs is 1. The number of nitrogens with two attached hydrogens (primary N) is 1. The smallest absolute Gasteiger partial charge is 0.259 e. The number of nitrogen functional groups attached to an aromatic ring is 1. The number of halogens is 1. The molecule has 3 aromatic rings. The standard InChI is InChI=1S/C18H18N4O2.ClH/c1-9-3-6-12(19)7-14(9)20-17(23)13-8-15(11-4-5-11)21-18-16(13)10(2)22-24-18;/h3,6-8,11H,4-5,19H2,1-2H3,(H,20,23);1H. The fraction of sp³-hybridized carbons (Fsp3) is 0.278. The van der Waals surface area contributed by atoms with Crippen LogP contribution >= 0.6 is 12.4 Å². The zero-order valence-electron chi connectivity index (χ0n) is 14.0. The van der Waals surface area contributed by atoms with Gasteiger partial charge < -0.3 is 15.6 Å². The summed E-state index contributed by atoms with van der Waals surface area (Å²) in [7, 11) is 0. The highest BCUT2D eigenvalue weighted by Gasteiger charge is 2.28. The van der Waals surface area contributed by atoms with Crippen molar-refractivity contribution in [2.75, 3.05) is 11.1 Å². The first-order chi connectivity index (χ1) is 11.5. The second kappa shape index (κ2) is 6.37. The van der Waals surface area contributed by atoms with E-state index in [4.69, 9.17) is 10.3 Å². The van der Waals surface area contributed by atoms with Crippen LogP contribution in [0, 0.1) is 13.8 Å². The minimum absolute atomic E-state index is 0. The molecule has 0 spiro atoms. The molecule has 0 bridgehead atoms. The van der Waals surface area contributed by atoms with E-state index in [0.29, 0.717) is 39.6 Å². The van der Waals surface area contributed by atoms with E-state index in [-0.39, 0.29) is 18.3 Å². The summed E-state index contributed by atoms with van der Waals surface area (Å²) in [5, 5.41) is 7.57. The van der Waals surface area contributed by atoms with Crippen molar-refractivity contribution in [1.82, 2.24) is 10.1 Å². The van der Waals surface area contributed by atoms with Crippen LogP contribution in [0.4, 0.5) is 11.4 Å². The van der Waals surface area contributed by atoms with E-state index in [1.807, 2.05) is 32.0 Å². The van der Waals surface area contributed by atoms with Gasteiger partial charge in [-0.1, -0.05) is 11.2 Å². The monoisotopic (exact) mass is 358 g/mol. The van der Waals surface area contributed by atoms with Crippen LogP contribution < -0.4 is 11.1 Å². The molecule has 3 N–H and O–H groups in total. The van der Waals surface area contributed by atoms with Gasteiger partial charge in [0.1, 0.15) is 0 Å². The third kappa shape index (κ3) is 3.17. The Morgan fingerprint density at radius 1 is 1.28 bits per heavy atom. The molecule has 130 valence electrons. The summed E-state index contributed by atoms with van der Waals surface area (Å²) in [5.41, 5.74) is 10.6. The van der Waals surface area contributed by atoms with E-state index in [2.05, 4.69) is 15.5 Å². The molecule has 1 saturated carbocycles. The molecule has 0 radical (unpaired) electrons. The maximum atomic E-state index is 12.9. The predicted octanol–water partition coefficient (Wildman–Crippen LogP) is 3.97. The van der Waals surface area contributed by atoms with Crippen LogP contribution in [0.1, 0.15) is 46.1 Å². The van der Waals surface area contributed by atoms with Gasteiger partial charge in [-0.05, 0) is 50.5 Å². The van der Waals surface area contributed by atoms with Crippen molar-refractivity contribution in [3.63, 3.8) is 0 Å². The molecule has 1 fully saturated rings. The van der Waals surface area contributed by atoms with Crippen molar-refractivity contribution in [2.45, 2.75) is 32.6 Å². The lowest BCUT2D eigenvalue weighted by atomic mass is 10.1. The fourth-order valence-corrected chi connectivity index (χ4v) is 2.84. The Labute approximate surface area is 151 Å². The van der Waals surface area contributed by atoms with Gasteiger partial charge in [0.15, 0.2) is 0 Å². The molecule has 6 nitrogen and oxygen atoms in total. The quantitative estimate of drug-likeness (QED) is 0.691. The first-order valence-corrected chi connectivity index (χ1v) is 7.97. The summed E-state index contributed by atoms with van der Waals surface area (Å²) in [6, 6.07) is 7.31. The summed E-state index contributed by atoms with van der Waals surface area (Å²) >= 11 is 0. The van der Waals surface area contributed by atoms with E-state index in [1.165, 1.54) is 0 Å². The van der Waals surface area contributed by atoms with Gasteiger partial charge in [0.2, 0.25) is 0 Å². The van der Waals surface area contributed by atoms with Gasteiger partial charge in [0.05, 0.1) is 16.6 Å². The molecule has 0 unspecified atom stereocenters. The van der Waals surface area contributed by atoms with Crippen LogP contribution in [0.5, 0.6) is 0 Å². The second-order valence-electron chi connectivity index (χ2n) is 6.35. The zero-order chi connectivity index (χ0) is 16.8. The van der Waals surface area contributed by atoms with E-state index in [0.717, 1.165) is 24.1 Å². The molecule has 25 heavy (non-hydrogen) atoms. The SMILES string of the molecule is Cc1ccc(N)cc1NC(=O)c1cc(C2CC2)nc2onc(C)c12.Cl. The molecule has 0 saturated heterocycles. The average Bonchev–Trinajstić information content (AvgIpc) is 3.34. The van der Waals surface area contributed by atoms with Gasteiger partial charge in [0, 0.05) is 23.0 Å². The molecular weight excluding hydrogens is 340 g/mol. The zero-order valence-corrected chi connectivity index (χ0v) is 14.8. The van der Waals surface area contributed by atoms with Crippen molar-refractivity contribution in [3.05, 3.63) is 46.8 Å². The summed E-state index contributed by atoms with van der Waals surface area (Å²) in [5.74, 6) is 0.213. The Hall–Kier alpha value is -2.60. The molecular formula is C18H19ClN4O2. The van der Waals surface area contributed by atoms with Crippen molar-refractivity contribution < 1.29 is 9.32 Å².